The van der Waals surface area contributed by atoms with Gasteiger partial charge >= 0.3 is 0 Å². The fourth-order valence-corrected chi connectivity index (χ4v) is 1.70. The number of anilines is 1. The van der Waals surface area contributed by atoms with E-state index in [-0.39, 0.29) is 11.3 Å². The summed E-state index contributed by atoms with van der Waals surface area (Å²) in [5.74, 6) is 1.25. The van der Waals surface area contributed by atoms with Crippen LogP contribution in [0.3, 0.4) is 0 Å². The summed E-state index contributed by atoms with van der Waals surface area (Å²) in [5, 5.41) is 2.93. The van der Waals surface area contributed by atoms with Crippen LogP contribution in [0.15, 0.2) is 12.1 Å². The summed E-state index contributed by atoms with van der Waals surface area (Å²) < 4.78 is 10.4. The molecule has 0 saturated carbocycles. The number of carbonyl (C=O) groups is 1. The molecule has 5 heteroatoms. The van der Waals surface area contributed by atoms with Gasteiger partial charge < -0.3 is 20.5 Å². The number of nitrogens with two attached hydrogens (primary N) is 1. The minimum absolute atomic E-state index is 0.0149. The molecule has 0 aromatic heterocycles. The Hall–Kier alpha value is -1.91. The lowest BCUT2D eigenvalue weighted by Crippen LogP contribution is -2.37. The molecular weight excluding hydrogens is 268 g/mol. The Labute approximate surface area is 126 Å². The zero-order valence-corrected chi connectivity index (χ0v) is 13.7. The van der Waals surface area contributed by atoms with Crippen molar-refractivity contribution in [3.05, 3.63) is 17.7 Å². The van der Waals surface area contributed by atoms with E-state index in [1.165, 1.54) is 14.2 Å². The number of nitrogens with one attached hydrogen (secondary N) is 1. The zero-order chi connectivity index (χ0) is 16.2. The Bertz CT molecular complexity index is 510. The van der Waals surface area contributed by atoms with Crippen LogP contribution in [0.5, 0.6) is 11.5 Å². The predicted molar refractivity (Wildman–Crippen MR) is 84.9 cm³/mol. The van der Waals surface area contributed by atoms with Gasteiger partial charge in [0.15, 0.2) is 11.5 Å². The lowest BCUT2D eigenvalue weighted by molar-refractivity contribution is 0.0925. The van der Waals surface area contributed by atoms with Gasteiger partial charge in [-0.25, -0.2) is 0 Å². The Kier molecular flexibility index (Phi) is 5.47. The van der Waals surface area contributed by atoms with Crippen molar-refractivity contribution in [2.45, 2.75) is 27.7 Å². The second kappa shape index (κ2) is 6.70. The first kappa shape index (κ1) is 17.1. The van der Waals surface area contributed by atoms with E-state index in [0.29, 0.717) is 35.2 Å². The molecule has 0 unspecified atom stereocenters. The molecule has 0 aliphatic heterocycles. The summed E-state index contributed by atoms with van der Waals surface area (Å²) >= 11 is 0. The van der Waals surface area contributed by atoms with Gasteiger partial charge in [-0.15, -0.1) is 0 Å². The number of amides is 1. The van der Waals surface area contributed by atoms with Gasteiger partial charge in [-0.1, -0.05) is 27.7 Å². The van der Waals surface area contributed by atoms with Gasteiger partial charge in [-0.3, -0.25) is 4.79 Å². The molecule has 118 valence electrons. The van der Waals surface area contributed by atoms with Crippen LogP contribution in [0.1, 0.15) is 38.1 Å². The summed E-state index contributed by atoms with van der Waals surface area (Å²) in [7, 11) is 3.06. The van der Waals surface area contributed by atoms with Crippen LogP contribution in [-0.2, 0) is 0 Å². The number of methoxy groups -OCH3 is 2. The minimum atomic E-state index is -0.206. The first-order valence-corrected chi connectivity index (χ1v) is 7.02. The molecule has 0 aliphatic carbocycles. The van der Waals surface area contributed by atoms with Gasteiger partial charge in [-0.2, -0.15) is 0 Å². The molecule has 0 atom stereocenters. The number of ether oxygens (including phenoxy) is 2. The van der Waals surface area contributed by atoms with Gasteiger partial charge in [0.1, 0.15) is 0 Å². The van der Waals surface area contributed by atoms with E-state index in [9.17, 15) is 4.79 Å². The maximum absolute atomic E-state index is 12.3. The predicted octanol–water partition coefficient (Wildman–Crippen LogP) is 2.70. The average Bonchev–Trinajstić information content (AvgIpc) is 2.44. The second-order valence-electron chi connectivity index (χ2n) is 6.12. The number of carbonyl (C=O) groups excluding carboxylic acids is 1. The van der Waals surface area contributed by atoms with Crippen molar-refractivity contribution in [2.24, 2.45) is 11.3 Å². The van der Waals surface area contributed by atoms with E-state index in [0.717, 1.165) is 0 Å². The number of rotatable bonds is 6. The second-order valence-corrected chi connectivity index (χ2v) is 6.12. The normalized spacial score (nSPS) is 11.4. The Balaban J connectivity index is 2.93. The van der Waals surface area contributed by atoms with Gasteiger partial charge in [0.25, 0.3) is 5.91 Å². The molecule has 3 N–H and O–H groups in total. The van der Waals surface area contributed by atoms with Crippen molar-refractivity contribution in [1.29, 1.82) is 0 Å². The van der Waals surface area contributed by atoms with Gasteiger partial charge in [0.2, 0.25) is 0 Å². The number of hydrogen-bond donors (Lipinski definition) is 2. The summed E-state index contributed by atoms with van der Waals surface area (Å²) in [6.07, 6.45) is 0. The van der Waals surface area contributed by atoms with Crippen LogP contribution in [0.2, 0.25) is 0 Å². The fraction of sp³-hybridized carbons (Fsp3) is 0.562. The number of benzene rings is 1. The molecule has 0 fully saturated rings. The van der Waals surface area contributed by atoms with Crippen LogP contribution in [-0.4, -0.2) is 26.7 Å². The average molecular weight is 294 g/mol. The Morgan fingerprint density at radius 1 is 1.24 bits per heavy atom. The molecule has 0 aliphatic rings. The fourth-order valence-electron chi connectivity index (χ4n) is 1.70. The molecule has 5 nitrogen and oxygen atoms in total. The van der Waals surface area contributed by atoms with E-state index >= 15 is 0 Å². The van der Waals surface area contributed by atoms with Crippen LogP contribution in [0, 0.1) is 11.3 Å². The molecule has 0 bridgehead atoms. The molecule has 1 rings (SSSR count). The third-order valence-electron chi connectivity index (χ3n) is 4.07. The van der Waals surface area contributed by atoms with Crippen molar-refractivity contribution in [3.8, 4) is 11.5 Å². The highest BCUT2D eigenvalue weighted by Gasteiger charge is 2.24. The highest BCUT2D eigenvalue weighted by atomic mass is 16.5. The molecule has 0 spiro atoms. The van der Waals surface area contributed by atoms with Crippen LogP contribution in [0.25, 0.3) is 0 Å². The molecule has 0 heterocycles. The van der Waals surface area contributed by atoms with Crippen LogP contribution >= 0.6 is 0 Å². The third kappa shape index (κ3) is 4.03. The topological polar surface area (TPSA) is 73.6 Å². The standard InChI is InChI=1S/C16H26N2O3/c1-10(2)16(3,4)9-18-15(19)11-7-13(20-5)14(21-6)8-12(11)17/h7-8,10H,9,17H2,1-6H3,(H,18,19). The van der Waals surface area contributed by atoms with Gasteiger partial charge in [-0.05, 0) is 17.4 Å². The molecule has 0 saturated heterocycles. The van der Waals surface area contributed by atoms with E-state index in [1.54, 1.807) is 12.1 Å². The van der Waals surface area contributed by atoms with Crippen LogP contribution < -0.4 is 20.5 Å². The third-order valence-corrected chi connectivity index (χ3v) is 4.07. The van der Waals surface area contributed by atoms with Crippen molar-refractivity contribution >= 4 is 11.6 Å². The van der Waals surface area contributed by atoms with Gasteiger partial charge in [0, 0.05) is 18.3 Å². The smallest absolute Gasteiger partial charge is 0.253 e. The Morgan fingerprint density at radius 3 is 2.24 bits per heavy atom. The van der Waals surface area contributed by atoms with E-state index in [2.05, 4.69) is 33.0 Å². The largest absolute Gasteiger partial charge is 0.493 e. The van der Waals surface area contributed by atoms with E-state index in [4.69, 9.17) is 15.2 Å². The lowest BCUT2D eigenvalue weighted by Gasteiger charge is -2.29. The van der Waals surface area contributed by atoms with Crippen molar-refractivity contribution < 1.29 is 14.3 Å². The van der Waals surface area contributed by atoms with Crippen molar-refractivity contribution in [2.75, 3.05) is 26.5 Å². The van der Waals surface area contributed by atoms with E-state index < -0.39 is 0 Å². The number of hydrogen-bond acceptors (Lipinski definition) is 4. The molecule has 0 radical (unpaired) electrons. The Morgan fingerprint density at radius 2 is 1.76 bits per heavy atom. The summed E-state index contributed by atoms with van der Waals surface area (Å²) in [6.45, 7) is 9.09. The summed E-state index contributed by atoms with van der Waals surface area (Å²) in [4.78, 5) is 12.3. The minimum Gasteiger partial charge on any atom is -0.493 e. The molecule has 1 amide bonds. The molecule has 1 aromatic rings. The van der Waals surface area contributed by atoms with Gasteiger partial charge in [0.05, 0.1) is 19.8 Å². The SMILES string of the molecule is COc1cc(N)c(C(=O)NCC(C)(C)C(C)C)cc1OC. The molecular formula is C16H26N2O3. The maximum atomic E-state index is 12.3. The summed E-state index contributed by atoms with van der Waals surface area (Å²) in [5.41, 5.74) is 6.70. The first-order valence-electron chi connectivity index (χ1n) is 7.02. The van der Waals surface area contributed by atoms with Crippen molar-refractivity contribution in [1.82, 2.24) is 5.32 Å². The lowest BCUT2D eigenvalue weighted by atomic mass is 9.81. The van der Waals surface area contributed by atoms with E-state index in [1.807, 2.05) is 0 Å². The summed E-state index contributed by atoms with van der Waals surface area (Å²) in [6, 6.07) is 3.20. The first-order chi connectivity index (χ1) is 9.72. The van der Waals surface area contributed by atoms with Crippen LogP contribution in [0.4, 0.5) is 5.69 Å². The molecule has 1 aromatic carbocycles. The maximum Gasteiger partial charge on any atom is 0.253 e. The van der Waals surface area contributed by atoms with Crippen molar-refractivity contribution in [3.63, 3.8) is 0 Å². The highest BCUT2D eigenvalue weighted by Crippen LogP contribution is 2.32. The monoisotopic (exact) mass is 294 g/mol. The highest BCUT2D eigenvalue weighted by molar-refractivity contribution is 6.00. The quantitative estimate of drug-likeness (QED) is 0.791. The zero-order valence-electron chi connectivity index (χ0n) is 13.7. The number of nitrogen functional groups attached to an aromatic ring is 1. The molecule has 21 heavy (non-hydrogen) atoms.